The molecule has 2 nitrogen and oxygen atoms in total. The van der Waals surface area contributed by atoms with Crippen molar-refractivity contribution in [1.29, 1.82) is 0 Å². The molecule has 0 aromatic heterocycles. The minimum Gasteiger partial charge on any atom is -0.508 e. The van der Waals surface area contributed by atoms with Gasteiger partial charge in [0.25, 0.3) is 0 Å². The van der Waals surface area contributed by atoms with Crippen LogP contribution >= 0.6 is 0 Å². The van der Waals surface area contributed by atoms with Gasteiger partial charge in [0.15, 0.2) is 0 Å². The molecule has 0 radical (unpaired) electrons. The molecule has 0 spiro atoms. The SMILES string of the molecule is CCc1c(O)cc(CC(C)C(C)c2ccccc2O)cc1F. The fourth-order valence-corrected chi connectivity index (χ4v) is 2.87. The highest BCUT2D eigenvalue weighted by atomic mass is 19.1. The smallest absolute Gasteiger partial charge is 0.130 e. The molecule has 2 aromatic rings. The van der Waals surface area contributed by atoms with Crippen molar-refractivity contribution < 1.29 is 14.6 Å². The predicted molar refractivity (Wildman–Crippen MR) is 86.8 cm³/mol. The van der Waals surface area contributed by atoms with Gasteiger partial charge in [0.1, 0.15) is 17.3 Å². The lowest BCUT2D eigenvalue weighted by atomic mass is 9.84. The third kappa shape index (κ3) is 3.41. The number of halogens is 1. The third-order valence-electron chi connectivity index (χ3n) is 4.42. The molecule has 2 aromatic carbocycles. The van der Waals surface area contributed by atoms with Gasteiger partial charge in [0, 0.05) is 5.56 Å². The molecule has 2 atom stereocenters. The maximum Gasteiger partial charge on any atom is 0.130 e. The number of benzene rings is 2. The average Bonchev–Trinajstić information content (AvgIpc) is 2.46. The second-order valence-corrected chi connectivity index (χ2v) is 5.96. The average molecular weight is 302 g/mol. The number of para-hydroxylation sites is 1. The van der Waals surface area contributed by atoms with Gasteiger partial charge in [-0.1, -0.05) is 39.0 Å². The molecule has 0 saturated carbocycles. The van der Waals surface area contributed by atoms with Gasteiger partial charge in [-0.15, -0.1) is 0 Å². The minimum absolute atomic E-state index is 0.0277. The number of phenols is 2. The summed E-state index contributed by atoms with van der Waals surface area (Å²) in [7, 11) is 0. The standard InChI is InChI=1S/C19H23FO2/c1-4-15-17(20)10-14(11-19(15)22)9-12(2)13(3)16-7-5-6-8-18(16)21/h5-8,10-13,21-22H,4,9H2,1-3H3. The van der Waals surface area contributed by atoms with Crippen molar-refractivity contribution in [2.24, 2.45) is 5.92 Å². The van der Waals surface area contributed by atoms with Gasteiger partial charge >= 0.3 is 0 Å². The summed E-state index contributed by atoms with van der Waals surface area (Å²) < 4.78 is 13.9. The summed E-state index contributed by atoms with van der Waals surface area (Å²) in [6.07, 6.45) is 1.12. The number of hydrogen-bond donors (Lipinski definition) is 2. The Morgan fingerprint density at radius 1 is 1.05 bits per heavy atom. The van der Waals surface area contributed by atoms with E-state index in [1.165, 1.54) is 6.07 Å². The summed E-state index contributed by atoms with van der Waals surface area (Å²) in [5.41, 5.74) is 2.04. The normalized spacial score (nSPS) is 13.8. The molecular weight excluding hydrogens is 279 g/mol. The van der Waals surface area contributed by atoms with Gasteiger partial charge in [-0.05, 0) is 54.0 Å². The van der Waals surface area contributed by atoms with Crippen LogP contribution in [-0.4, -0.2) is 10.2 Å². The van der Waals surface area contributed by atoms with Crippen LogP contribution in [0.5, 0.6) is 11.5 Å². The summed E-state index contributed by atoms with van der Waals surface area (Å²) in [6.45, 7) is 5.94. The molecule has 22 heavy (non-hydrogen) atoms. The molecule has 0 aliphatic carbocycles. The van der Waals surface area contributed by atoms with Crippen LogP contribution in [0.3, 0.4) is 0 Å². The Kier molecular flexibility index (Phi) is 5.07. The van der Waals surface area contributed by atoms with Crippen LogP contribution in [0.15, 0.2) is 36.4 Å². The van der Waals surface area contributed by atoms with Crippen LogP contribution in [0.1, 0.15) is 43.4 Å². The molecule has 0 heterocycles. The maximum absolute atomic E-state index is 13.9. The molecule has 0 aliphatic heterocycles. The zero-order valence-electron chi connectivity index (χ0n) is 13.3. The quantitative estimate of drug-likeness (QED) is 0.834. The lowest BCUT2D eigenvalue weighted by Crippen LogP contribution is -2.10. The van der Waals surface area contributed by atoms with Crippen LogP contribution in [0.25, 0.3) is 0 Å². The second-order valence-electron chi connectivity index (χ2n) is 5.96. The minimum atomic E-state index is -0.347. The first-order valence-corrected chi connectivity index (χ1v) is 7.72. The van der Waals surface area contributed by atoms with Crippen molar-refractivity contribution in [3.63, 3.8) is 0 Å². The molecule has 0 fully saturated rings. The second kappa shape index (κ2) is 6.82. The molecule has 2 unspecified atom stereocenters. The largest absolute Gasteiger partial charge is 0.508 e. The van der Waals surface area contributed by atoms with E-state index in [2.05, 4.69) is 13.8 Å². The Balaban J connectivity index is 2.18. The lowest BCUT2D eigenvalue weighted by molar-refractivity contribution is 0.430. The molecule has 0 amide bonds. The number of aromatic hydroxyl groups is 2. The Hall–Kier alpha value is -2.03. The van der Waals surface area contributed by atoms with E-state index in [1.807, 2.05) is 19.1 Å². The fourth-order valence-electron chi connectivity index (χ4n) is 2.87. The summed E-state index contributed by atoms with van der Waals surface area (Å²) >= 11 is 0. The summed E-state index contributed by atoms with van der Waals surface area (Å²) in [4.78, 5) is 0. The van der Waals surface area contributed by atoms with E-state index in [9.17, 15) is 14.6 Å². The van der Waals surface area contributed by atoms with E-state index < -0.39 is 0 Å². The van der Waals surface area contributed by atoms with Gasteiger partial charge in [0.05, 0.1) is 0 Å². The first kappa shape index (κ1) is 16.3. The Labute approximate surface area is 131 Å². The number of rotatable bonds is 5. The number of phenolic OH excluding ortho intramolecular Hbond substituents is 2. The van der Waals surface area contributed by atoms with Crippen molar-refractivity contribution in [3.05, 3.63) is 58.9 Å². The molecule has 0 saturated heterocycles. The van der Waals surface area contributed by atoms with E-state index in [1.54, 1.807) is 18.2 Å². The molecule has 2 N–H and O–H groups in total. The molecule has 3 heteroatoms. The van der Waals surface area contributed by atoms with Crippen LogP contribution in [0.2, 0.25) is 0 Å². The van der Waals surface area contributed by atoms with Crippen LogP contribution < -0.4 is 0 Å². The fraction of sp³-hybridized carbons (Fsp3) is 0.368. The summed E-state index contributed by atoms with van der Waals surface area (Å²) in [5.74, 6) is 0.314. The maximum atomic E-state index is 13.9. The van der Waals surface area contributed by atoms with Crippen LogP contribution in [0, 0.1) is 11.7 Å². The van der Waals surface area contributed by atoms with Gasteiger partial charge in [-0.2, -0.15) is 0 Å². The first-order chi connectivity index (χ1) is 10.4. The number of hydrogen-bond acceptors (Lipinski definition) is 2. The van der Waals surface area contributed by atoms with E-state index in [-0.39, 0.29) is 29.2 Å². The highest BCUT2D eigenvalue weighted by Crippen LogP contribution is 2.33. The molecule has 0 aliphatic rings. The van der Waals surface area contributed by atoms with Crippen molar-refractivity contribution in [1.82, 2.24) is 0 Å². The Morgan fingerprint density at radius 2 is 1.73 bits per heavy atom. The van der Waals surface area contributed by atoms with Crippen molar-refractivity contribution in [2.75, 3.05) is 0 Å². The van der Waals surface area contributed by atoms with Gasteiger partial charge in [-0.25, -0.2) is 4.39 Å². The predicted octanol–water partition coefficient (Wildman–Crippen LogP) is 4.78. The molecule has 0 bridgehead atoms. The zero-order chi connectivity index (χ0) is 16.3. The van der Waals surface area contributed by atoms with Gasteiger partial charge in [0.2, 0.25) is 0 Å². The van der Waals surface area contributed by atoms with Gasteiger partial charge < -0.3 is 10.2 Å². The van der Waals surface area contributed by atoms with Crippen molar-refractivity contribution >= 4 is 0 Å². The van der Waals surface area contributed by atoms with E-state index in [4.69, 9.17) is 0 Å². The lowest BCUT2D eigenvalue weighted by Gasteiger charge is -2.21. The third-order valence-corrected chi connectivity index (χ3v) is 4.42. The van der Waals surface area contributed by atoms with E-state index in [0.29, 0.717) is 18.4 Å². The highest BCUT2D eigenvalue weighted by molar-refractivity contribution is 5.39. The Bertz CT molecular complexity index is 629. The highest BCUT2D eigenvalue weighted by Gasteiger charge is 2.19. The van der Waals surface area contributed by atoms with E-state index in [0.717, 1.165) is 11.1 Å². The van der Waals surface area contributed by atoms with Crippen LogP contribution in [0.4, 0.5) is 4.39 Å². The summed E-state index contributed by atoms with van der Waals surface area (Å²) in [5, 5.41) is 19.9. The first-order valence-electron chi connectivity index (χ1n) is 7.72. The molecular formula is C19H23FO2. The molecule has 118 valence electrons. The van der Waals surface area contributed by atoms with Crippen molar-refractivity contribution in [3.8, 4) is 11.5 Å². The topological polar surface area (TPSA) is 40.5 Å². The van der Waals surface area contributed by atoms with Gasteiger partial charge in [-0.3, -0.25) is 0 Å². The molecule has 2 rings (SSSR count). The summed E-state index contributed by atoms with van der Waals surface area (Å²) in [6, 6.07) is 10.4. The van der Waals surface area contributed by atoms with Crippen LogP contribution in [-0.2, 0) is 12.8 Å². The zero-order valence-corrected chi connectivity index (χ0v) is 13.3. The Morgan fingerprint density at radius 3 is 2.32 bits per heavy atom. The van der Waals surface area contributed by atoms with E-state index >= 15 is 0 Å². The monoisotopic (exact) mass is 302 g/mol. The van der Waals surface area contributed by atoms with Crippen molar-refractivity contribution in [2.45, 2.75) is 39.5 Å².